The summed E-state index contributed by atoms with van der Waals surface area (Å²) in [6.07, 6.45) is 6.54. The molecule has 0 aromatic heterocycles. The first kappa shape index (κ1) is 9.26. The summed E-state index contributed by atoms with van der Waals surface area (Å²) >= 11 is 0. The Morgan fingerprint density at radius 3 is 3.17 bits per heavy atom. The molecular weight excluding hydrogens is 154 g/mol. The summed E-state index contributed by atoms with van der Waals surface area (Å²) in [6, 6.07) is 0. The van der Waals surface area contributed by atoms with Gasteiger partial charge in [0.2, 0.25) is 5.91 Å². The molecule has 0 spiro atoms. The molecule has 0 fully saturated rings. The molecule has 1 aliphatic heterocycles. The van der Waals surface area contributed by atoms with Crippen molar-refractivity contribution >= 4 is 5.91 Å². The number of carbonyl (C=O) groups is 1. The second-order valence-corrected chi connectivity index (χ2v) is 2.86. The minimum absolute atomic E-state index is 0.00375. The third kappa shape index (κ3) is 2.66. The molecule has 0 aromatic rings. The Bertz CT molecular complexity index is 177. The lowest BCUT2D eigenvalue weighted by Gasteiger charge is -2.11. The lowest BCUT2D eigenvalue weighted by molar-refractivity contribution is -0.130. The molecule has 1 N–H and O–H groups in total. The lowest BCUT2D eigenvalue weighted by atomic mass is 10.2. The number of methoxy groups -OCH3 is 1. The second-order valence-electron chi connectivity index (χ2n) is 2.86. The van der Waals surface area contributed by atoms with Crippen LogP contribution in [0, 0.1) is 0 Å². The summed E-state index contributed by atoms with van der Waals surface area (Å²) in [4.78, 5) is 11.3. The van der Waals surface area contributed by atoms with Gasteiger partial charge in [-0.05, 0) is 12.8 Å². The van der Waals surface area contributed by atoms with Crippen molar-refractivity contribution in [1.29, 1.82) is 0 Å². The number of hydrogen-bond donors (Lipinski definition) is 1. The highest BCUT2D eigenvalue weighted by molar-refractivity contribution is 5.80. The molecule has 0 aliphatic carbocycles. The van der Waals surface area contributed by atoms with Crippen LogP contribution in [-0.4, -0.2) is 25.7 Å². The van der Waals surface area contributed by atoms with Crippen molar-refractivity contribution in [3.05, 3.63) is 12.2 Å². The van der Waals surface area contributed by atoms with Crippen LogP contribution in [0.3, 0.4) is 0 Å². The molecule has 3 heteroatoms. The molecule has 1 heterocycles. The van der Waals surface area contributed by atoms with Crippen LogP contribution in [0.1, 0.15) is 19.3 Å². The Hall–Kier alpha value is -0.830. The van der Waals surface area contributed by atoms with Crippen LogP contribution in [0.4, 0.5) is 0 Å². The molecular formula is C9H15NO2. The maximum Gasteiger partial charge on any atom is 0.249 e. The fourth-order valence-corrected chi connectivity index (χ4v) is 1.19. The first-order valence-electron chi connectivity index (χ1n) is 4.30. The summed E-state index contributed by atoms with van der Waals surface area (Å²) in [5, 5.41) is 2.82. The minimum atomic E-state index is -0.306. The van der Waals surface area contributed by atoms with Crippen LogP contribution in [-0.2, 0) is 9.53 Å². The highest BCUT2D eigenvalue weighted by atomic mass is 16.5. The van der Waals surface area contributed by atoms with Gasteiger partial charge in [-0.15, -0.1) is 0 Å². The third-order valence-corrected chi connectivity index (χ3v) is 1.94. The van der Waals surface area contributed by atoms with E-state index in [4.69, 9.17) is 4.74 Å². The molecule has 1 amide bonds. The van der Waals surface area contributed by atoms with Crippen LogP contribution >= 0.6 is 0 Å². The maximum absolute atomic E-state index is 11.3. The van der Waals surface area contributed by atoms with Crippen LogP contribution in [0.2, 0.25) is 0 Å². The number of rotatable bonds is 1. The van der Waals surface area contributed by atoms with Crippen molar-refractivity contribution in [2.24, 2.45) is 0 Å². The zero-order valence-corrected chi connectivity index (χ0v) is 7.38. The number of carbonyl (C=O) groups excluding carboxylic acids is 1. The Balaban J connectivity index is 2.51. The van der Waals surface area contributed by atoms with Crippen LogP contribution in [0.15, 0.2) is 12.2 Å². The van der Waals surface area contributed by atoms with Crippen LogP contribution in [0.5, 0.6) is 0 Å². The summed E-state index contributed by atoms with van der Waals surface area (Å²) in [5.41, 5.74) is 0. The third-order valence-electron chi connectivity index (χ3n) is 1.94. The van der Waals surface area contributed by atoms with E-state index < -0.39 is 0 Å². The molecule has 68 valence electrons. The van der Waals surface area contributed by atoms with E-state index in [0.717, 1.165) is 19.4 Å². The molecule has 3 nitrogen and oxygen atoms in total. The predicted octanol–water partition coefficient (Wildman–Crippen LogP) is 0.858. The van der Waals surface area contributed by atoms with Crippen molar-refractivity contribution in [1.82, 2.24) is 5.32 Å². The maximum atomic E-state index is 11.3. The van der Waals surface area contributed by atoms with E-state index in [1.54, 1.807) is 7.11 Å². The molecule has 1 rings (SSSR count). The zero-order chi connectivity index (χ0) is 8.81. The summed E-state index contributed by atoms with van der Waals surface area (Å²) in [7, 11) is 1.57. The number of nitrogens with one attached hydrogen (secondary N) is 1. The van der Waals surface area contributed by atoms with Gasteiger partial charge in [0.1, 0.15) is 6.10 Å². The van der Waals surface area contributed by atoms with Gasteiger partial charge in [0.15, 0.2) is 0 Å². The Labute approximate surface area is 72.8 Å². The monoisotopic (exact) mass is 169 g/mol. The van der Waals surface area contributed by atoms with E-state index in [1.807, 2.05) is 6.08 Å². The van der Waals surface area contributed by atoms with Crippen molar-refractivity contribution < 1.29 is 9.53 Å². The van der Waals surface area contributed by atoms with Crippen molar-refractivity contribution in [3.63, 3.8) is 0 Å². The number of amides is 1. The van der Waals surface area contributed by atoms with Gasteiger partial charge in [0.25, 0.3) is 0 Å². The first-order valence-corrected chi connectivity index (χ1v) is 4.30. The highest BCUT2D eigenvalue weighted by Crippen LogP contribution is 2.03. The van der Waals surface area contributed by atoms with Gasteiger partial charge in [-0.1, -0.05) is 12.2 Å². The van der Waals surface area contributed by atoms with Gasteiger partial charge in [-0.2, -0.15) is 0 Å². The molecule has 0 saturated carbocycles. The van der Waals surface area contributed by atoms with Gasteiger partial charge >= 0.3 is 0 Å². The number of ether oxygens (including phenoxy) is 1. The highest BCUT2D eigenvalue weighted by Gasteiger charge is 2.15. The average Bonchev–Trinajstić information content (AvgIpc) is 2.17. The smallest absolute Gasteiger partial charge is 0.249 e. The molecule has 0 bridgehead atoms. The zero-order valence-electron chi connectivity index (χ0n) is 7.38. The summed E-state index contributed by atoms with van der Waals surface area (Å²) in [6.45, 7) is 0.753. The van der Waals surface area contributed by atoms with Crippen molar-refractivity contribution in [3.8, 4) is 0 Å². The van der Waals surface area contributed by atoms with Gasteiger partial charge in [0.05, 0.1) is 0 Å². The Morgan fingerprint density at radius 2 is 2.42 bits per heavy atom. The van der Waals surface area contributed by atoms with Gasteiger partial charge in [-0.25, -0.2) is 0 Å². The molecule has 0 radical (unpaired) electrons. The average molecular weight is 169 g/mol. The fraction of sp³-hybridized carbons (Fsp3) is 0.667. The van der Waals surface area contributed by atoms with Crippen LogP contribution in [0.25, 0.3) is 0 Å². The minimum Gasteiger partial charge on any atom is -0.371 e. The molecule has 1 aliphatic rings. The topological polar surface area (TPSA) is 38.3 Å². The molecule has 0 aromatic carbocycles. The van der Waals surface area contributed by atoms with E-state index in [-0.39, 0.29) is 12.0 Å². The molecule has 0 saturated heterocycles. The van der Waals surface area contributed by atoms with Crippen molar-refractivity contribution in [2.45, 2.75) is 25.4 Å². The summed E-state index contributed by atoms with van der Waals surface area (Å²) < 4.78 is 5.03. The summed E-state index contributed by atoms with van der Waals surface area (Å²) in [5.74, 6) is 0.00375. The van der Waals surface area contributed by atoms with Crippen molar-refractivity contribution in [2.75, 3.05) is 13.7 Å². The van der Waals surface area contributed by atoms with E-state index in [1.165, 1.54) is 0 Å². The largest absolute Gasteiger partial charge is 0.371 e. The van der Waals surface area contributed by atoms with Gasteiger partial charge in [0, 0.05) is 20.1 Å². The van der Waals surface area contributed by atoms with Crippen LogP contribution < -0.4 is 5.32 Å². The second kappa shape index (κ2) is 4.93. The van der Waals surface area contributed by atoms with Gasteiger partial charge < -0.3 is 10.1 Å². The Kier molecular flexibility index (Phi) is 3.80. The standard InChI is InChI=1S/C9H15NO2/c1-12-8-6-4-2-3-5-7-10-9(8)11/h2,4,8H,3,5-7H2,1H3,(H,10,11)/b4-2-. The quantitative estimate of drug-likeness (QED) is 0.591. The molecule has 1 atom stereocenters. The number of hydrogen-bond acceptors (Lipinski definition) is 2. The normalized spacial score (nSPS) is 28.1. The lowest BCUT2D eigenvalue weighted by Crippen LogP contribution is -2.35. The molecule has 12 heavy (non-hydrogen) atoms. The van der Waals surface area contributed by atoms with E-state index >= 15 is 0 Å². The SMILES string of the molecule is COC1C/C=C\CCCNC1=O. The van der Waals surface area contributed by atoms with E-state index in [2.05, 4.69) is 11.4 Å². The van der Waals surface area contributed by atoms with E-state index in [9.17, 15) is 4.79 Å². The van der Waals surface area contributed by atoms with E-state index in [0.29, 0.717) is 6.42 Å². The predicted molar refractivity (Wildman–Crippen MR) is 46.8 cm³/mol. The van der Waals surface area contributed by atoms with Gasteiger partial charge in [-0.3, -0.25) is 4.79 Å². The fourth-order valence-electron chi connectivity index (χ4n) is 1.19. The number of allylic oxidation sites excluding steroid dienone is 1. The Morgan fingerprint density at radius 1 is 1.58 bits per heavy atom. The molecule has 1 unspecified atom stereocenters. The first-order chi connectivity index (χ1) is 5.84.